The zero-order valence-electron chi connectivity index (χ0n) is 8.70. The normalized spacial score (nSPS) is 8.94. The molecular weight excluding hydrogens is 232 g/mol. The van der Waals surface area contributed by atoms with Crippen molar-refractivity contribution < 1.29 is 19.4 Å². The summed E-state index contributed by atoms with van der Waals surface area (Å²) >= 11 is 5.74. The summed E-state index contributed by atoms with van der Waals surface area (Å²) in [6, 6.07) is 2.74. The second-order valence-corrected chi connectivity index (χ2v) is 3.18. The fraction of sp³-hybridized carbons (Fsp3) is 0.182. The zero-order valence-corrected chi connectivity index (χ0v) is 9.46. The molecule has 1 aromatic rings. The third-order valence-electron chi connectivity index (χ3n) is 1.73. The van der Waals surface area contributed by atoms with Gasteiger partial charge in [0.25, 0.3) is 0 Å². The molecule has 0 saturated carbocycles. The van der Waals surface area contributed by atoms with Crippen LogP contribution in [-0.4, -0.2) is 18.2 Å². The number of halogens is 1. The minimum Gasteiger partial charge on any atom is -0.493 e. The molecule has 1 aromatic carbocycles. The predicted molar refractivity (Wildman–Crippen MR) is 59.0 cm³/mol. The molecule has 1 N–H and O–H groups in total. The van der Waals surface area contributed by atoms with E-state index in [4.69, 9.17) is 26.2 Å². The van der Waals surface area contributed by atoms with Gasteiger partial charge in [0.2, 0.25) is 0 Å². The van der Waals surface area contributed by atoms with Crippen LogP contribution in [0.15, 0.2) is 12.1 Å². The van der Waals surface area contributed by atoms with Crippen LogP contribution >= 0.6 is 11.6 Å². The van der Waals surface area contributed by atoms with E-state index in [0.717, 1.165) is 0 Å². The molecule has 0 amide bonds. The van der Waals surface area contributed by atoms with Gasteiger partial charge in [-0.25, -0.2) is 4.79 Å². The standard InChI is InChI=1S/C11H9ClO4/c1-3-4-16-10-8(11(13)14)5-7(12)6-9(10)15-2/h5-6H,1-2H3,(H,13,14). The molecule has 0 aliphatic carbocycles. The van der Waals surface area contributed by atoms with Gasteiger partial charge in [0.15, 0.2) is 11.5 Å². The summed E-state index contributed by atoms with van der Waals surface area (Å²) in [6.45, 7) is 1.57. The molecule has 0 fully saturated rings. The topological polar surface area (TPSA) is 55.8 Å². The van der Waals surface area contributed by atoms with Crippen molar-refractivity contribution in [2.45, 2.75) is 6.92 Å². The van der Waals surface area contributed by atoms with E-state index in [1.54, 1.807) is 6.92 Å². The molecule has 4 nitrogen and oxygen atoms in total. The molecule has 1 rings (SSSR count). The second kappa shape index (κ2) is 5.29. The fourth-order valence-corrected chi connectivity index (χ4v) is 1.29. The van der Waals surface area contributed by atoms with Gasteiger partial charge in [0.1, 0.15) is 11.7 Å². The second-order valence-electron chi connectivity index (χ2n) is 2.74. The quantitative estimate of drug-likeness (QED) is 0.825. The monoisotopic (exact) mass is 240 g/mol. The lowest BCUT2D eigenvalue weighted by atomic mass is 10.2. The first kappa shape index (κ1) is 12.2. The summed E-state index contributed by atoms with van der Waals surface area (Å²) < 4.78 is 9.97. The number of hydrogen-bond acceptors (Lipinski definition) is 3. The largest absolute Gasteiger partial charge is 0.493 e. The number of methoxy groups -OCH3 is 1. The lowest BCUT2D eigenvalue weighted by Crippen LogP contribution is -2.02. The van der Waals surface area contributed by atoms with Crippen molar-refractivity contribution in [1.82, 2.24) is 0 Å². The molecule has 16 heavy (non-hydrogen) atoms. The van der Waals surface area contributed by atoms with Crippen LogP contribution in [0.1, 0.15) is 17.3 Å². The average Bonchev–Trinajstić information content (AvgIpc) is 2.26. The molecule has 0 saturated heterocycles. The van der Waals surface area contributed by atoms with Gasteiger partial charge in [0, 0.05) is 18.0 Å². The number of carboxylic acids is 1. The van der Waals surface area contributed by atoms with Crippen molar-refractivity contribution in [2.24, 2.45) is 0 Å². The summed E-state index contributed by atoms with van der Waals surface area (Å²) in [4.78, 5) is 11.0. The van der Waals surface area contributed by atoms with Crippen LogP contribution in [0, 0.1) is 12.0 Å². The molecule has 0 bridgehead atoms. The highest BCUT2D eigenvalue weighted by atomic mass is 35.5. The number of benzene rings is 1. The van der Waals surface area contributed by atoms with Gasteiger partial charge in [-0.15, -0.1) is 0 Å². The van der Waals surface area contributed by atoms with Crippen molar-refractivity contribution in [3.05, 3.63) is 22.7 Å². The maximum absolute atomic E-state index is 11.0. The zero-order chi connectivity index (χ0) is 12.1. The Hall–Kier alpha value is -1.86. The first-order valence-electron chi connectivity index (χ1n) is 4.29. The summed E-state index contributed by atoms with van der Waals surface area (Å²) in [5.74, 6) is 1.62. The van der Waals surface area contributed by atoms with Crippen LogP contribution in [0.5, 0.6) is 11.5 Å². The minimum absolute atomic E-state index is 0.0498. The number of rotatable bonds is 3. The van der Waals surface area contributed by atoms with Gasteiger partial charge >= 0.3 is 5.97 Å². The first-order chi connectivity index (χ1) is 7.60. The molecule has 5 heteroatoms. The van der Waals surface area contributed by atoms with Crippen molar-refractivity contribution in [3.8, 4) is 23.5 Å². The van der Waals surface area contributed by atoms with E-state index in [1.165, 1.54) is 19.2 Å². The van der Waals surface area contributed by atoms with Gasteiger partial charge in [-0.2, -0.15) is 0 Å². The fourth-order valence-electron chi connectivity index (χ4n) is 1.09. The van der Waals surface area contributed by atoms with Crippen LogP contribution < -0.4 is 9.47 Å². The lowest BCUT2D eigenvalue weighted by Gasteiger charge is -2.09. The summed E-state index contributed by atoms with van der Waals surface area (Å²) in [7, 11) is 1.39. The summed E-state index contributed by atoms with van der Waals surface area (Å²) in [5, 5.41) is 9.22. The molecular formula is C11H9ClO4. The molecule has 0 atom stereocenters. The van der Waals surface area contributed by atoms with Crippen molar-refractivity contribution in [2.75, 3.05) is 7.11 Å². The van der Waals surface area contributed by atoms with Crippen LogP contribution in [0.25, 0.3) is 0 Å². The van der Waals surface area contributed by atoms with E-state index in [-0.39, 0.29) is 22.1 Å². The molecule has 0 unspecified atom stereocenters. The van der Waals surface area contributed by atoms with Gasteiger partial charge in [-0.05, 0) is 6.07 Å². The minimum atomic E-state index is -1.16. The molecule has 0 aromatic heterocycles. The molecule has 0 heterocycles. The first-order valence-corrected chi connectivity index (χ1v) is 4.67. The highest BCUT2D eigenvalue weighted by Crippen LogP contribution is 2.34. The Labute approximate surface area is 97.7 Å². The van der Waals surface area contributed by atoms with E-state index < -0.39 is 5.97 Å². The Morgan fingerprint density at radius 1 is 1.50 bits per heavy atom. The molecule has 84 valence electrons. The van der Waals surface area contributed by atoms with Crippen LogP contribution in [0.2, 0.25) is 5.02 Å². The Balaban J connectivity index is 3.36. The average molecular weight is 241 g/mol. The molecule has 0 spiro atoms. The third-order valence-corrected chi connectivity index (χ3v) is 1.94. The van der Waals surface area contributed by atoms with Gasteiger partial charge in [-0.1, -0.05) is 17.5 Å². The lowest BCUT2D eigenvalue weighted by molar-refractivity contribution is 0.0693. The molecule has 0 aliphatic heterocycles. The maximum Gasteiger partial charge on any atom is 0.339 e. The summed E-state index contributed by atoms with van der Waals surface area (Å²) in [5.41, 5.74) is -0.0906. The van der Waals surface area contributed by atoms with E-state index >= 15 is 0 Å². The Morgan fingerprint density at radius 3 is 2.69 bits per heavy atom. The predicted octanol–water partition coefficient (Wildman–Crippen LogP) is 2.41. The van der Waals surface area contributed by atoms with E-state index in [2.05, 4.69) is 12.0 Å². The smallest absolute Gasteiger partial charge is 0.339 e. The number of hydrogen-bond donors (Lipinski definition) is 1. The van der Waals surface area contributed by atoms with E-state index in [1.807, 2.05) is 0 Å². The van der Waals surface area contributed by atoms with Crippen molar-refractivity contribution in [1.29, 1.82) is 0 Å². The number of carboxylic acid groups (broad SMARTS) is 1. The van der Waals surface area contributed by atoms with Gasteiger partial charge in [0.05, 0.1) is 7.11 Å². The van der Waals surface area contributed by atoms with Gasteiger partial charge < -0.3 is 14.6 Å². The highest BCUT2D eigenvalue weighted by molar-refractivity contribution is 6.31. The molecule has 0 radical (unpaired) electrons. The number of ether oxygens (including phenoxy) is 2. The van der Waals surface area contributed by atoms with E-state index in [0.29, 0.717) is 0 Å². The Bertz CT molecular complexity index is 471. The van der Waals surface area contributed by atoms with Crippen LogP contribution in [0.3, 0.4) is 0 Å². The Morgan fingerprint density at radius 2 is 2.19 bits per heavy atom. The van der Waals surface area contributed by atoms with Gasteiger partial charge in [-0.3, -0.25) is 0 Å². The van der Waals surface area contributed by atoms with Crippen LogP contribution in [-0.2, 0) is 0 Å². The maximum atomic E-state index is 11.0. The number of carbonyl (C=O) groups is 1. The number of aromatic carboxylic acids is 1. The third kappa shape index (κ3) is 2.59. The molecule has 0 aliphatic rings. The summed E-state index contributed by atoms with van der Waals surface area (Å²) in [6.07, 6.45) is 2.32. The Kier molecular flexibility index (Phi) is 4.03. The van der Waals surface area contributed by atoms with Crippen molar-refractivity contribution >= 4 is 17.6 Å². The van der Waals surface area contributed by atoms with E-state index in [9.17, 15) is 4.79 Å². The van der Waals surface area contributed by atoms with Crippen LogP contribution in [0.4, 0.5) is 0 Å². The SMILES string of the molecule is CC#COc1c(OC)cc(Cl)cc1C(=O)O. The highest BCUT2D eigenvalue weighted by Gasteiger charge is 2.18. The van der Waals surface area contributed by atoms with Crippen molar-refractivity contribution in [3.63, 3.8) is 0 Å².